The molecule has 2 amide bonds. The van der Waals surface area contributed by atoms with Crippen LogP contribution >= 0.6 is 12.4 Å². The first-order chi connectivity index (χ1) is 10.7. The number of likely N-dealkylation sites (tertiary alicyclic amines) is 1. The molecule has 3 rings (SSSR count). The first-order valence-corrected chi connectivity index (χ1v) is 7.97. The van der Waals surface area contributed by atoms with Crippen LogP contribution in [0.1, 0.15) is 30.7 Å². The van der Waals surface area contributed by atoms with Crippen molar-refractivity contribution in [3.05, 3.63) is 35.9 Å². The van der Waals surface area contributed by atoms with E-state index in [1.54, 1.807) is 0 Å². The van der Waals surface area contributed by atoms with Crippen molar-refractivity contribution in [1.82, 2.24) is 15.5 Å². The van der Waals surface area contributed by atoms with Gasteiger partial charge in [-0.3, -0.25) is 9.59 Å². The van der Waals surface area contributed by atoms with Crippen LogP contribution in [-0.2, 0) is 9.59 Å². The van der Waals surface area contributed by atoms with Crippen LogP contribution in [0.3, 0.4) is 0 Å². The second kappa shape index (κ2) is 7.79. The van der Waals surface area contributed by atoms with Crippen molar-refractivity contribution in [3.63, 3.8) is 0 Å². The molecule has 3 atom stereocenters. The predicted molar refractivity (Wildman–Crippen MR) is 91.6 cm³/mol. The summed E-state index contributed by atoms with van der Waals surface area (Å²) in [5.41, 5.74) is 1.31. The highest BCUT2D eigenvalue weighted by atomic mass is 35.5. The van der Waals surface area contributed by atoms with Gasteiger partial charge in [0, 0.05) is 37.9 Å². The van der Waals surface area contributed by atoms with Gasteiger partial charge in [0.2, 0.25) is 11.8 Å². The zero-order valence-electron chi connectivity index (χ0n) is 13.3. The second-order valence-corrected chi connectivity index (χ2v) is 6.19. The number of benzene rings is 1. The van der Waals surface area contributed by atoms with E-state index in [-0.39, 0.29) is 30.3 Å². The lowest BCUT2D eigenvalue weighted by Crippen LogP contribution is -2.38. The molecule has 2 fully saturated rings. The number of carbonyl (C=O) groups excluding carboxylic acids is 2. The Morgan fingerprint density at radius 3 is 2.74 bits per heavy atom. The molecule has 1 aromatic carbocycles. The van der Waals surface area contributed by atoms with Gasteiger partial charge in [0.05, 0.1) is 6.04 Å². The molecule has 3 unspecified atom stereocenters. The molecule has 0 bridgehead atoms. The SMILES string of the molecule is CNCCC(=O)NC1CC(=O)N(C2CC2c2ccccc2)C1.Cl. The van der Waals surface area contributed by atoms with Crippen molar-refractivity contribution >= 4 is 24.2 Å². The number of halogens is 1. The highest BCUT2D eigenvalue weighted by Crippen LogP contribution is 2.45. The van der Waals surface area contributed by atoms with E-state index in [0.29, 0.717) is 37.9 Å². The van der Waals surface area contributed by atoms with E-state index in [2.05, 4.69) is 22.8 Å². The van der Waals surface area contributed by atoms with Gasteiger partial charge >= 0.3 is 0 Å². The fourth-order valence-electron chi connectivity index (χ4n) is 3.27. The summed E-state index contributed by atoms with van der Waals surface area (Å²) in [6, 6.07) is 10.6. The van der Waals surface area contributed by atoms with Gasteiger partial charge in [-0.1, -0.05) is 30.3 Å². The normalized spacial score (nSPS) is 25.9. The zero-order valence-corrected chi connectivity index (χ0v) is 14.1. The topological polar surface area (TPSA) is 61.4 Å². The molecule has 2 aliphatic rings. The van der Waals surface area contributed by atoms with Crippen molar-refractivity contribution in [2.45, 2.75) is 37.3 Å². The average Bonchev–Trinajstić information content (AvgIpc) is 3.24. The van der Waals surface area contributed by atoms with Gasteiger partial charge in [0.25, 0.3) is 0 Å². The quantitative estimate of drug-likeness (QED) is 0.822. The van der Waals surface area contributed by atoms with Crippen LogP contribution < -0.4 is 10.6 Å². The molecule has 126 valence electrons. The maximum atomic E-state index is 12.2. The van der Waals surface area contributed by atoms with Gasteiger partial charge in [0.1, 0.15) is 0 Å². The minimum atomic E-state index is -0.0334. The van der Waals surface area contributed by atoms with Gasteiger partial charge in [-0.25, -0.2) is 0 Å². The summed E-state index contributed by atoms with van der Waals surface area (Å²) >= 11 is 0. The first-order valence-electron chi connectivity index (χ1n) is 7.97. The Hall–Kier alpha value is -1.59. The number of nitrogens with one attached hydrogen (secondary N) is 2. The van der Waals surface area contributed by atoms with Crippen molar-refractivity contribution < 1.29 is 9.59 Å². The van der Waals surface area contributed by atoms with Gasteiger partial charge in [-0.15, -0.1) is 12.4 Å². The number of amides is 2. The molecule has 23 heavy (non-hydrogen) atoms. The van der Waals surface area contributed by atoms with Crippen LogP contribution in [0.2, 0.25) is 0 Å². The summed E-state index contributed by atoms with van der Waals surface area (Å²) in [5.74, 6) is 0.649. The van der Waals surface area contributed by atoms with Crippen molar-refractivity contribution in [1.29, 1.82) is 0 Å². The third-order valence-corrected chi connectivity index (χ3v) is 4.51. The van der Waals surface area contributed by atoms with Crippen LogP contribution in [0.25, 0.3) is 0 Å². The molecule has 6 heteroatoms. The Balaban J connectivity index is 0.00000192. The van der Waals surface area contributed by atoms with Gasteiger partial charge in [-0.05, 0) is 19.0 Å². The van der Waals surface area contributed by atoms with Crippen LogP contribution in [-0.4, -0.2) is 48.9 Å². The predicted octanol–water partition coefficient (Wildman–Crippen LogP) is 1.29. The maximum Gasteiger partial charge on any atom is 0.225 e. The monoisotopic (exact) mass is 337 g/mol. The van der Waals surface area contributed by atoms with Crippen molar-refractivity contribution in [3.8, 4) is 0 Å². The molecule has 0 radical (unpaired) electrons. The van der Waals surface area contributed by atoms with E-state index in [0.717, 1.165) is 6.42 Å². The Morgan fingerprint density at radius 2 is 2.04 bits per heavy atom. The molecule has 2 N–H and O–H groups in total. The van der Waals surface area contributed by atoms with E-state index in [9.17, 15) is 9.59 Å². The molecule has 1 aliphatic heterocycles. The molecule has 0 aromatic heterocycles. The lowest BCUT2D eigenvalue weighted by atomic mass is 10.1. The Kier molecular flexibility index (Phi) is 6.02. The number of hydrogen-bond donors (Lipinski definition) is 2. The average molecular weight is 338 g/mol. The molecular weight excluding hydrogens is 314 g/mol. The summed E-state index contributed by atoms with van der Waals surface area (Å²) < 4.78 is 0. The number of hydrogen-bond acceptors (Lipinski definition) is 3. The largest absolute Gasteiger partial charge is 0.351 e. The van der Waals surface area contributed by atoms with Crippen LogP contribution in [0, 0.1) is 0 Å². The third kappa shape index (κ3) is 4.24. The van der Waals surface area contributed by atoms with Gasteiger partial charge in [-0.2, -0.15) is 0 Å². The lowest BCUT2D eigenvalue weighted by molar-refractivity contribution is -0.128. The summed E-state index contributed by atoms with van der Waals surface area (Å²) in [6.45, 7) is 1.31. The molecule has 5 nitrogen and oxygen atoms in total. The standard InChI is InChI=1S/C17H23N3O2.ClH/c1-18-8-7-16(21)19-13-9-17(22)20(11-13)15-10-14(15)12-5-3-2-4-6-12;/h2-6,13-15,18H,7-11H2,1H3,(H,19,21);1H. The van der Waals surface area contributed by atoms with Crippen LogP contribution in [0.15, 0.2) is 30.3 Å². The smallest absolute Gasteiger partial charge is 0.225 e. The van der Waals surface area contributed by atoms with Crippen LogP contribution in [0.5, 0.6) is 0 Å². The summed E-state index contributed by atoms with van der Waals surface area (Å²) in [7, 11) is 1.82. The number of carbonyl (C=O) groups is 2. The van der Waals surface area contributed by atoms with E-state index >= 15 is 0 Å². The fourth-order valence-corrected chi connectivity index (χ4v) is 3.27. The minimum absolute atomic E-state index is 0. The van der Waals surface area contributed by atoms with Gasteiger partial charge < -0.3 is 15.5 Å². The lowest BCUT2D eigenvalue weighted by Gasteiger charge is -2.17. The molecule has 1 aromatic rings. The second-order valence-electron chi connectivity index (χ2n) is 6.19. The fraction of sp³-hybridized carbons (Fsp3) is 0.529. The Labute approximate surface area is 143 Å². The van der Waals surface area contributed by atoms with Crippen LogP contribution in [0.4, 0.5) is 0 Å². The van der Waals surface area contributed by atoms with E-state index in [1.807, 2.05) is 30.1 Å². The Bertz CT molecular complexity index is 552. The molecular formula is C17H24ClN3O2. The van der Waals surface area contributed by atoms with Crippen molar-refractivity contribution in [2.24, 2.45) is 0 Å². The van der Waals surface area contributed by atoms with E-state index < -0.39 is 0 Å². The van der Waals surface area contributed by atoms with E-state index in [4.69, 9.17) is 0 Å². The maximum absolute atomic E-state index is 12.2. The summed E-state index contributed by atoms with van der Waals surface area (Å²) in [4.78, 5) is 25.9. The number of rotatable bonds is 6. The Morgan fingerprint density at radius 1 is 1.30 bits per heavy atom. The third-order valence-electron chi connectivity index (χ3n) is 4.51. The molecule has 1 saturated heterocycles. The number of nitrogens with zero attached hydrogens (tertiary/aromatic N) is 1. The van der Waals surface area contributed by atoms with E-state index in [1.165, 1.54) is 5.56 Å². The molecule has 1 saturated carbocycles. The molecule has 1 heterocycles. The summed E-state index contributed by atoms with van der Waals surface area (Å²) in [6.07, 6.45) is 1.93. The van der Waals surface area contributed by atoms with Crippen molar-refractivity contribution in [2.75, 3.05) is 20.1 Å². The minimum Gasteiger partial charge on any atom is -0.351 e. The first kappa shape index (κ1) is 17.8. The van der Waals surface area contributed by atoms with Gasteiger partial charge in [0.15, 0.2) is 0 Å². The summed E-state index contributed by atoms with van der Waals surface area (Å²) in [5, 5.41) is 5.92. The highest BCUT2D eigenvalue weighted by Gasteiger charge is 2.47. The molecule has 0 spiro atoms. The zero-order chi connectivity index (χ0) is 15.5. The molecule has 1 aliphatic carbocycles. The highest BCUT2D eigenvalue weighted by molar-refractivity contribution is 5.85.